The van der Waals surface area contributed by atoms with Gasteiger partial charge < -0.3 is 0 Å². The Bertz CT molecular complexity index is 422. The number of likely N-dealkylation sites (tertiary alicyclic amines) is 1. The molecule has 0 aromatic heterocycles. The Kier molecular flexibility index (Phi) is 5.55. The summed E-state index contributed by atoms with van der Waals surface area (Å²) in [4.78, 5) is 2.18. The van der Waals surface area contributed by atoms with Gasteiger partial charge in [-0.05, 0) is 43.6 Å². The third-order valence-corrected chi connectivity index (χ3v) is 3.63. The summed E-state index contributed by atoms with van der Waals surface area (Å²) >= 11 is 11.8. The second-order valence-corrected chi connectivity index (χ2v) is 4.76. The van der Waals surface area contributed by atoms with Gasteiger partial charge in [-0.15, -0.1) is 12.4 Å². The Morgan fingerprint density at radius 2 is 1.82 bits per heavy atom. The van der Waals surface area contributed by atoms with Crippen LogP contribution in [0.1, 0.15) is 24.4 Å². The van der Waals surface area contributed by atoms with E-state index < -0.39 is 0 Å². The molecule has 0 saturated carbocycles. The van der Waals surface area contributed by atoms with Gasteiger partial charge in [0, 0.05) is 0 Å². The second-order valence-electron chi connectivity index (χ2n) is 3.95. The van der Waals surface area contributed by atoms with E-state index in [1.54, 1.807) is 12.1 Å². The first-order valence-electron chi connectivity index (χ1n) is 5.31. The van der Waals surface area contributed by atoms with Crippen molar-refractivity contribution in [3.05, 3.63) is 33.8 Å². The van der Waals surface area contributed by atoms with E-state index in [9.17, 15) is 5.26 Å². The van der Waals surface area contributed by atoms with Crippen LogP contribution in [0.2, 0.25) is 10.0 Å². The standard InChI is InChI=1S/C12H12Cl2N2.ClH/c13-10-4-3-9(7-11(10)14)12(8-15)16-5-1-2-6-16;/h3-4,7,12H,1-2,5-6H2;1H. The second kappa shape index (κ2) is 6.47. The Morgan fingerprint density at radius 1 is 1.18 bits per heavy atom. The predicted molar refractivity (Wildman–Crippen MR) is 72.9 cm³/mol. The van der Waals surface area contributed by atoms with Gasteiger partial charge in [0.1, 0.15) is 6.04 Å². The molecule has 0 bridgehead atoms. The van der Waals surface area contributed by atoms with Crippen LogP contribution in [-0.2, 0) is 0 Å². The van der Waals surface area contributed by atoms with E-state index in [4.69, 9.17) is 23.2 Å². The SMILES string of the molecule is Cl.N#CC(c1ccc(Cl)c(Cl)c1)N1CCCC1. The van der Waals surface area contributed by atoms with E-state index in [0.717, 1.165) is 18.7 Å². The summed E-state index contributed by atoms with van der Waals surface area (Å²) in [6.07, 6.45) is 2.33. The molecule has 2 nitrogen and oxygen atoms in total. The van der Waals surface area contributed by atoms with Gasteiger partial charge in [-0.25, -0.2) is 0 Å². The minimum Gasteiger partial charge on any atom is -0.284 e. The van der Waals surface area contributed by atoms with Crippen LogP contribution in [-0.4, -0.2) is 18.0 Å². The first-order valence-corrected chi connectivity index (χ1v) is 6.06. The molecule has 0 radical (unpaired) electrons. The topological polar surface area (TPSA) is 27.0 Å². The number of benzene rings is 1. The highest BCUT2D eigenvalue weighted by molar-refractivity contribution is 6.42. The largest absolute Gasteiger partial charge is 0.284 e. The molecule has 92 valence electrons. The average Bonchev–Trinajstić information content (AvgIpc) is 2.78. The van der Waals surface area contributed by atoms with Crippen LogP contribution in [0.4, 0.5) is 0 Å². The van der Waals surface area contributed by atoms with Crippen LogP contribution in [0.5, 0.6) is 0 Å². The fourth-order valence-corrected chi connectivity index (χ4v) is 2.36. The van der Waals surface area contributed by atoms with Crippen LogP contribution in [0.25, 0.3) is 0 Å². The van der Waals surface area contributed by atoms with E-state index in [-0.39, 0.29) is 18.4 Å². The minimum atomic E-state index is -0.197. The van der Waals surface area contributed by atoms with Crippen LogP contribution in [0.15, 0.2) is 18.2 Å². The van der Waals surface area contributed by atoms with E-state index >= 15 is 0 Å². The average molecular weight is 292 g/mol. The zero-order chi connectivity index (χ0) is 11.5. The van der Waals surface area contributed by atoms with E-state index in [2.05, 4.69) is 11.0 Å². The molecule has 1 saturated heterocycles. The Balaban J connectivity index is 0.00000144. The van der Waals surface area contributed by atoms with Crippen molar-refractivity contribution in [3.8, 4) is 6.07 Å². The van der Waals surface area contributed by atoms with Crippen molar-refractivity contribution in [2.75, 3.05) is 13.1 Å². The van der Waals surface area contributed by atoms with E-state index in [1.165, 1.54) is 12.8 Å². The maximum absolute atomic E-state index is 9.23. The van der Waals surface area contributed by atoms with Gasteiger partial charge in [-0.2, -0.15) is 5.26 Å². The molecule has 1 aliphatic heterocycles. The highest BCUT2D eigenvalue weighted by atomic mass is 35.5. The molecule has 1 atom stereocenters. The number of halogens is 3. The van der Waals surface area contributed by atoms with Gasteiger partial charge in [-0.1, -0.05) is 29.3 Å². The Hall–Kier alpha value is -0.460. The highest BCUT2D eigenvalue weighted by Crippen LogP contribution is 2.29. The van der Waals surface area contributed by atoms with Crippen LogP contribution in [0, 0.1) is 11.3 Å². The summed E-state index contributed by atoms with van der Waals surface area (Å²) < 4.78 is 0. The molecule has 2 rings (SSSR count). The smallest absolute Gasteiger partial charge is 0.123 e. The first-order chi connectivity index (χ1) is 7.72. The molecule has 1 unspecified atom stereocenters. The summed E-state index contributed by atoms with van der Waals surface area (Å²) in [5.41, 5.74) is 0.929. The van der Waals surface area contributed by atoms with Gasteiger partial charge in [0.25, 0.3) is 0 Å². The first kappa shape index (κ1) is 14.6. The van der Waals surface area contributed by atoms with Gasteiger partial charge in [0.15, 0.2) is 0 Å². The number of rotatable bonds is 2. The van der Waals surface area contributed by atoms with Crippen LogP contribution in [0.3, 0.4) is 0 Å². The van der Waals surface area contributed by atoms with Crippen molar-refractivity contribution in [1.82, 2.24) is 4.90 Å². The number of nitrogens with zero attached hydrogens (tertiary/aromatic N) is 2. The van der Waals surface area contributed by atoms with Crippen molar-refractivity contribution in [2.45, 2.75) is 18.9 Å². The van der Waals surface area contributed by atoms with Crippen molar-refractivity contribution >= 4 is 35.6 Å². The lowest BCUT2D eigenvalue weighted by molar-refractivity contribution is 0.294. The normalized spacial score (nSPS) is 17.2. The van der Waals surface area contributed by atoms with E-state index in [0.29, 0.717) is 10.0 Å². The summed E-state index contributed by atoms with van der Waals surface area (Å²) in [5, 5.41) is 10.3. The summed E-state index contributed by atoms with van der Waals surface area (Å²) in [6, 6.07) is 7.55. The lowest BCUT2D eigenvalue weighted by Gasteiger charge is -2.21. The lowest BCUT2D eigenvalue weighted by Crippen LogP contribution is -2.24. The molecule has 1 fully saturated rings. The van der Waals surface area contributed by atoms with Gasteiger partial charge in [-0.3, -0.25) is 4.90 Å². The predicted octanol–water partition coefficient (Wildman–Crippen LogP) is 4.08. The monoisotopic (exact) mass is 290 g/mol. The van der Waals surface area contributed by atoms with Crippen LogP contribution >= 0.6 is 35.6 Å². The molecule has 1 aliphatic rings. The summed E-state index contributed by atoms with van der Waals surface area (Å²) in [5.74, 6) is 0. The minimum absolute atomic E-state index is 0. The number of nitriles is 1. The third-order valence-electron chi connectivity index (χ3n) is 2.89. The lowest BCUT2D eigenvalue weighted by atomic mass is 10.1. The molecule has 1 heterocycles. The quantitative estimate of drug-likeness (QED) is 0.821. The summed E-state index contributed by atoms with van der Waals surface area (Å²) in [7, 11) is 0. The van der Waals surface area contributed by atoms with Gasteiger partial charge in [0.2, 0.25) is 0 Å². The van der Waals surface area contributed by atoms with Gasteiger partial charge in [0.05, 0.1) is 16.1 Å². The summed E-state index contributed by atoms with van der Waals surface area (Å²) in [6.45, 7) is 1.97. The molecular formula is C12H13Cl3N2. The zero-order valence-electron chi connectivity index (χ0n) is 9.20. The maximum Gasteiger partial charge on any atom is 0.123 e. The van der Waals surface area contributed by atoms with Gasteiger partial charge >= 0.3 is 0 Å². The molecule has 17 heavy (non-hydrogen) atoms. The molecule has 0 spiro atoms. The Labute approximate surface area is 118 Å². The Morgan fingerprint density at radius 3 is 2.35 bits per heavy atom. The highest BCUT2D eigenvalue weighted by Gasteiger charge is 2.23. The maximum atomic E-state index is 9.23. The van der Waals surface area contributed by atoms with Crippen molar-refractivity contribution in [1.29, 1.82) is 5.26 Å². The molecule has 0 amide bonds. The molecule has 1 aromatic rings. The molecule has 1 aromatic carbocycles. The molecular weight excluding hydrogens is 279 g/mol. The third kappa shape index (κ3) is 3.26. The van der Waals surface area contributed by atoms with Crippen LogP contribution < -0.4 is 0 Å². The van der Waals surface area contributed by atoms with Crippen molar-refractivity contribution in [2.24, 2.45) is 0 Å². The number of hydrogen-bond acceptors (Lipinski definition) is 2. The fourth-order valence-electron chi connectivity index (χ4n) is 2.05. The zero-order valence-corrected chi connectivity index (χ0v) is 11.5. The number of hydrogen-bond donors (Lipinski definition) is 0. The molecule has 0 aliphatic carbocycles. The molecule has 5 heteroatoms. The van der Waals surface area contributed by atoms with Crippen molar-refractivity contribution < 1.29 is 0 Å². The molecule has 0 N–H and O–H groups in total. The van der Waals surface area contributed by atoms with Crippen molar-refractivity contribution in [3.63, 3.8) is 0 Å². The fraction of sp³-hybridized carbons (Fsp3) is 0.417. The van der Waals surface area contributed by atoms with E-state index in [1.807, 2.05) is 6.07 Å².